The third-order valence-electron chi connectivity index (χ3n) is 3.83. The van der Waals surface area contributed by atoms with E-state index in [1.54, 1.807) is 0 Å². The average Bonchev–Trinajstić information content (AvgIpc) is 3.28. The summed E-state index contributed by atoms with van der Waals surface area (Å²) in [7, 11) is 0. The number of aromatic nitrogens is 1. The fourth-order valence-electron chi connectivity index (χ4n) is 2.46. The summed E-state index contributed by atoms with van der Waals surface area (Å²) in [5.41, 5.74) is 6.42. The van der Waals surface area contributed by atoms with Gasteiger partial charge in [0.25, 0.3) is 5.91 Å². The van der Waals surface area contributed by atoms with Crippen molar-refractivity contribution in [3.8, 4) is 0 Å². The fourth-order valence-corrected chi connectivity index (χ4v) is 2.46. The van der Waals surface area contributed by atoms with E-state index in [1.165, 1.54) is 12.8 Å². The topological polar surface area (TPSA) is 59.2 Å². The van der Waals surface area contributed by atoms with E-state index in [4.69, 9.17) is 5.73 Å². The van der Waals surface area contributed by atoms with Gasteiger partial charge in [-0.1, -0.05) is 24.3 Å². The molecule has 1 aliphatic carbocycles. The van der Waals surface area contributed by atoms with Crippen LogP contribution in [0.25, 0.3) is 10.8 Å². The van der Waals surface area contributed by atoms with Crippen LogP contribution in [0.3, 0.4) is 0 Å². The Morgan fingerprint density at radius 3 is 2.85 bits per heavy atom. The number of nitrogens with two attached hydrogens (primary N) is 1. The number of nitrogen functional groups attached to an aromatic ring is 1. The Morgan fingerprint density at radius 1 is 1.40 bits per heavy atom. The quantitative estimate of drug-likeness (QED) is 0.928. The van der Waals surface area contributed by atoms with E-state index in [9.17, 15) is 4.79 Å². The molecule has 0 atom stereocenters. The highest BCUT2D eigenvalue weighted by Gasteiger charge is 2.27. The minimum absolute atomic E-state index is 0.0168. The van der Waals surface area contributed by atoms with Crippen LogP contribution in [-0.2, 0) is 0 Å². The summed E-state index contributed by atoms with van der Waals surface area (Å²) in [6.45, 7) is 3.55. The van der Waals surface area contributed by atoms with Gasteiger partial charge in [0.15, 0.2) is 0 Å². The fraction of sp³-hybridized carbons (Fsp3) is 0.375. The Morgan fingerprint density at radius 2 is 2.15 bits per heavy atom. The monoisotopic (exact) mass is 269 g/mol. The van der Waals surface area contributed by atoms with Crippen LogP contribution in [0.15, 0.2) is 30.3 Å². The van der Waals surface area contributed by atoms with Crippen molar-refractivity contribution in [1.82, 2.24) is 9.88 Å². The van der Waals surface area contributed by atoms with Gasteiger partial charge in [0, 0.05) is 18.5 Å². The Kier molecular flexibility index (Phi) is 3.30. The van der Waals surface area contributed by atoms with Crippen molar-refractivity contribution in [2.75, 3.05) is 18.8 Å². The van der Waals surface area contributed by atoms with Gasteiger partial charge in [0.2, 0.25) is 0 Å². The van der Waals surface area contributed by atoms with E-state index in [1.807, 2.05) is 42.2 Å². The molecule has 1 aliphatic rings. The number of rotatable bonds is 4. The molecule has 20 heavy (non-hydrogen) atoms. The van der Waals surface area contributed by atoms with Crippen molar-refractivity contribution in [3.05, 3.63) is 36.0 Å². The molecule has 1 heterocycles. The van der Waals surface area contributed by atoms with Gasteiger partial charge in [-0.15, -0.1) is 0 Å². The second kappa shape index (κ2) is 5.12. The maximum absolute atomic E-state index is 12.5. The van der Waals surface area contributed by atoms with Crippen LogP contribution in [0.2, 0.25) is 0 Å². The van der Waals surface area contributed by atoms with E-state index in [0.717, 1.165) is 17.3 Å². The van der Waals surface area contributed by atoms with Crippen LogP contribution in [-0.4, -0.2) is 28.9 Å². The number of pyridine rings is 1. The zero-order chi connectivity index (χ0) is 14.1. The Hall–Kier alpha value is -2.10. The molecule has 0 saturated heterocycles. The van der Waals surface area contributed by atoms with Crippen LogP contribution in [0.1, 0.15) is 30.3 Å². The molecule has 0 spiro atoms. The highest BCUT2D eigenvalue weighted by atomic mass is 16.2. The van der Waals surface area contributed by atoms with E-state index >= 15 is 0 Å². The first kappa shape index (κ1) is 12.9. The standard InChI is InChI=1S/C16H19N3O/c1-2-19(10-11-7-8-11)16(20)14-9-12-5-3-4-6-13(12)15(17)18-14/h3-6,9,11H,2,7-8,10H2,1H3,(H2,17,18). The zero-order valence-corrected chi connectivity index (χ0v) is 11.7. The van der Waals surface area contributed by atoms with Crippen molar-refractivity contribution in [3.63, 3.8) is 0 Å². The van der Waals surface area contributed by atoms with E-state index in [-0.39, 0.29) is 5.91 Å². The van der Waals surface area contributed by atoms with Crippen LogP contribution in [0.5, 0.6) is 0 Å². The molecule has 2 aromatic rings. The molecule has 1 amide bonds. The van der Waals surface area contributed by atoms with Crippen LogP contribution in [0, 0.1) is 5.92 Å². The third kappa shape index (κ3) is 2.46. The molecule has 1 aromatic heterocycles. The van der Waals surface area contributed by atoms with E-state index < -0.39 is 0 Å². The Balaban J connectivity index is 1.93. The molecule has 1 fully saturated rings. The molecule has 4 nitrogen and oxygen atoms in total. The van der Waals surface area contributed by atoms with Crippen molar-refractivity contribution >= 4 is 22.5 Å². The first-order valence-electron chi connectivity index (χ1n) is 7.13. The Bertz CT molecular complexity index is 649. The molecule has 4 heteroatoms. The summed E-state index contributed by atoms with van der Waals surface area (Å²) in [4.78, 5) is 18.7. The van der Waals surface area contributed by atoms with E-state index in [2.05, 4.69) is 4.98 Å². The lowest BCUT2D eigenvalue weighted by molar-refractivity contribution is 0.0751. The molecular weight excluding hydrogens is 250 g/mol. The smallest absolute Gasteiger partial charge is 0.272 e. The lowest BCUT2D eigenvalue weighted by atomic mass is 10.1. The molecule has 0 aliphatic heterocycles. The van der Waals surface area contributed by atoms with Gasteiger partial charge >= 0.3 is 0 Å². The van der Waals surface area contributed by atoms with Crippen LogP contribution < -0.4 is 5.73 Å². The molecular formula is C16H19N3O. The largest absolute Gasteiger partial charge is 0.383 e. The molecule has 3 rings (SSSR count). The SMILES string of the molecule is CCN(CC1CC1)C(=O)c1cc2ccccc2c(N)n1. The maximum atomic E-state index is 12.5. The van der Waals surface area contributed by atoms with Crippen molar-refractivity contribution in [1.29, 1.82) is 0 Å². The highest BCUT2D eigenvalue weighted by molar-refractivity contribution is 5.99. The normalized spacial score (nSPS) is 14.4. The molecule has 104 valence electrons. The zero-order valence-electron chi connectivity index (χ0n) is 11.7. The molecule has 0 radical (unpaired) electrons. The molecule has 1 aromatic carbocycles. The molecule has 1 saturated carbocycles. The van der Waals surface area contributed by atoms with Gasteiger partial charge < -0.3 is 10.6 Å². The number of hydrogen-bond donors (Lipinski definition) is 1. The summed E-state index contributed by atoms with van der Waals surface area (Å²) in [5, 5.41) is 1.86. The van der Waals surface area contributed by atoms with Gasteiger partial charge in [-0.3, -0.25) is 4.79 Å². The summed E-state index contributed by atoms with van der Waals surface area (Å²) in [6.07, 6.45) is 2.47. The van der Waals surface area contributed by atoms with Gasteiger partial charge in [-0.05, 0) is 37.1 Å². The summed E-state index contributed by atoms with van der Waals surface area (Å²) < 4.78 is 0. The predicted octanol–water partition coefficient (Wildman–Crippen LogP) is 2.69. The second-order valence-electron chi connectivity index (χ2n) is 5.40. The molecule has 0 bridgehead atoms. The summed E-state index contributed by atoms with van der Waals surface area (Å²) in [6, 6.07) is 9.59. The summed E-state index contributed by atoms with van der Waals surface area (Å²) >= 11 is 0. The number of hydrogen-bond acceptors (Lipinski definition) is 3. The first-order chi connectivity index (χ1) is 9.69. The van der Waals surface area contributed by atoms with Crippen molar-refractivity contribution in [2.24, 2.45) is 5.92 Å². The van der Waals surface area contributed by atoms with Crippen molar-refractivity contribution in [2.45, 2.75) is 19.8 Å². The van der Waals surface area contributed by atoms with Crippen molar-refractivity contribution < 1.29 is 4.79 Å². The predicted molar refractivity (Wildman–Crippen MR) is 80.5 cm³/mol. The number of benzene rings is 1. The number of fused-ring (bicyclic) bond motifs is 1. The van der Waals surface area contributed by atoms with E-state index in [0.29, 0.717) is 24.0 Å². The number of amides is 1. The summed E-state index contributed by atoms with van der Waals surface area (Å²) in [5.74, 6) is 1.09. The van der Waals surface area contributed by atoms with Gasteiger partial charge in [0.1, 0.15) is 11.5 Å². The maximum Gasteiger partial charge on any atom is 0.272 e. The number of carbonyl (C=O) groups is 1. The third-order valence-corrected chi connectivity index (χ3v) is 3.83. The average molecular weight is 269 g/mol. The number of anilines is 1. The van der Waals surface area contributed by atoms with Gasteiger partial charge in [0.05, 0.1) is 0 Å². The number of carbonyl (C=O) groups excluding carboxylic acids is 1. The lowest BCUT2D eigenvalue weighted by Crippen LogP contribution is -2.33. The minimum Gasteiger partial charge on any atom is -0.383 e. The molecule has 0 unspecified atom stereocenters. The molecule has 2 N–H and O–H groups in total. The lowest BCUT2D eigenvalue weighted by Gasteiger charge is -2.20. The minimum atomic E-state index is -0.0168. The number of nitrogens with zero attached hydrogens (tertiary/aromatic N) is 2. The van der Waals surface area contributed by atoms with Crippen LogP contribution in [0.4, 0.5) is 5.82 Å². The van der Waals surface area contributed by atoms with Crippen LogP contribution >= 0.6 is 0 Å². The van der Waals surface area contributed by atoms with Gasteiger partial charge in [-0.2, -0.15) is 0 Å². The second-order valence-corrected chi connectivity index (χ2v) is 5.40. The van der Waals surface area contributed by atoms with Gasteiger partial charge in [-0.25, -0.2) is 4.98 Å². The first-order valence-corrected chi connectivity index (χ1v) is 7.13. The Labute approximate surface area is 118 Å². The highest BCUT2D eigenvalue weighted by Crippen LogP contribution is 2.30.